The van der Waals surface area contributed by atoms with Crippen molar-refractivity contribution in [3.05, 3.63) is 77.0 Å². The Morgan fingerprint density at radius 2 is 2.13 bits per heavy atom. The van der Waals surface area contributed by atoms with Gasteiger partial charge in [-0.05, 0) is 36.0 Å². The Bertz CT molecular complexity index is 1190. The highest BCUT2D eigenvalue weighted by Gasteiger charge is 2.21. The van der Waals surface area contributed by atoms with Crippen LogP contribution in [0.4, 0.5) is 4.79 Å². The van der Waals surface area contributed by atoms with Crippen LogP contribution < -0.4 is 10.9 Å². The summed E-state index contributed by atoms with van der Waals surface area (Å²) in [5, 5.41) is 3.40. The van der Waals surface area contributed by atoms with Crippen molar-refractivity contribution < 1.29 is 9.53 Å². The molecule has 2 N–H and O–H groups in total. The fraction of sp³-hybridized carbons (Fsp3) is 0.292. The number of rotatable bonds is 6. The molecule has 1 aliphatic rings. The molecule has 2 heterocycles. The van der Waals surface area contributed by atoms with Crippen LogP contribution in [0.1, 0.15) is 25.8 Å². The lowest BCUT2D eigenvalue weighted by Crippen LogP contribution is -2.30. The average molecular weight is 418 g/mol. The van der Waals surface area contributed by atoms with E-state index in [0.29, 0.717) is 36.5 Å². The summed E-state index contributed by atoms with van der Waals surface area (Å²) in [6.45, 7) is 4.86. The smallest absolute Gasteiger partial charge is 0.407 e. The number of carbonyl (C=O) groups is 1. The van der Waals surface area contributed by atoms with Crippen LogP contribution in [0.2, 0.25) is 0 Å². The predicted molar refractivity (Wildman–Crippen MR) is 121 cm³/mol. The molecule has 7 heteroatoms. The minimum Gasteiger partial charge on any atom is -0.449 e. The van der Waals surface area contributed by atoms with Crippen molar-refractivity contribution in [2.24, 2.45) is 11.8 Å². The number of aromatic nitrogens is 3. The molecule has 0 bridgehead atoms. The number of hydrogen-bond donors (Lipinski definition) is 2. The number of nitrogens with zero attached hydrogens (tertiary/aromatic N) is 2. The third kappa shape index (κ3) is 4.60. The molecule has 0 aliphatic heterocycles. The summed E-state index contributed by atoms with van der Waals surface area (Å²) in [5.74, 6) is 0.404. The van der Waals surface area contributed by atoms with Crippen LogP contribution in [-0.4, -0.2) is 33.8 Å². The molecule has 0 saturated heterocycles. The second-order valence-electron chi connectivity index (χ2n) is 8.09. The molecule has 160 valence electrons. The maximum atomic E-state index is 12.7. The van der Waals surface area contributed by atoms with Crippen molar-refractivity contribution in [2.45, 2.75) is 20.3 Å². The van der Waals surface area contributed by atoms with E-state index in [9.17, 15) is 9.59 Å². The van der Waals surface area contributed by atoms with Crippen LogP contribution in [0, 0.1) is 11.8 Å². The highest BCUT2D eigenvalue weighted by molar-refractivity contribution is 5.92. The molecule has 3 aromatic rings. The van der Waals surface area contributed by atoms with Gasteiger partial charge in [0, 0.05) is 24.0 Å². The first-order valence-corrected chi connectivity index (χ1v) is 10.5. The summed E-state index contributed by atoms with van der Waals surface area (Å²) in [4.78, 5) is 31.7. The van der Waals surface area contributed by atoms with E-state index in [1.807, 2.05) is 67.1 Å². The number of amides is 1. The fourth-order valence-electron chi connectivity index (χ4n) is 3.69. The minimum atomic E-state index is -0.403. The number of alkyl carbamates (subject to hydrolysis) is 1. The minimum absolute atomic E-state index is 0.109. The van der Waals surface area contributed by atoms with Crippen LogP contribution >= 0.6 is 0 Å². The molecule has 1 unspecified atom stereocenters. The summed E-state index contributed by atoms with van der Waals surface area (Å²) < 4.78 is 7.13. The maximum Gasteiger partial charge on any atom is 0.407 e. The number of ether oxygens (including phenoxy) is 1. The number of hydrogen-bond acceptors (Lipinski definition) is 4. The van der Waals surface area contributed by atoms with Gasteiger partial charge >= 0.3 is 6.09 Å². The van der Waals surface area contributed by atoms with Gasteiger partial charge in [-0.25, -0.2) is 9.78 Å². The number of para-hydroxylation sites is 1. The van der Waals surface area contributed by atoms with E-state index in [1.165, 1.54) is 6.33 Å². The average Bonchev–Trinajstić information content (AvgIpc) is 3.18. The van der Waals surface area contributed by atoms with Gasteiger partial charge in [-0.1, -0.05) is 50.3 Å². The monoisotopic (exact) mass is 418 g/mol. The van der Waals surface area contributed by atoms with Crippen LogP contribution in [0.15, 0.2) is 65.9 Å². The Hall–Kier alpha value is -3.61. The summed E-state index contributed by atoms with van der Waals surface area (Å²) in [6, 6.07) is 9.83. The van der Waals surface area contributed by atoms with Crippen molar-refractivity contribution in [3.8, 4) is 5.69 Å². The molecule has 1 aliphatic carbocycles. The Morgan fingerprint density at radius 1 is 1.32 bits per heavy atom. The molecule has 1 aromatic carbocycles. The first-order valence-electron chi connectivity index (χ1n) is 10.5. The number of benzene rings is 1. The summed E-state index contributed by atoms with van der Waals surface area (Å²) in [5.41, 5.74) is 3.27. The molecular formula is C24H26N4O3. The number of carbonyl (C=O) groups excluding carboxylic acids is 1. The van der Waals surface area contributed by atoms with E-state index in [4.69, 9.17) is 4.74 Å². The van der Waals surface area contributed by atoms with E-state index < -0.39 is 6.09 Å². The van der Waals surface area contributed by atoms with E-state index in [1.54, 1.807) is 0 Å². The van der Waals surface area contributed by atoms with Crippen LogP contribution in [0.3, 0.4) is 0 Å². The third-order valence-electron chi connectivity index (χ3n) is 5.19. The van der Waals surface area contributed by atoms with Gasteiger partial charge in [-0.3, -0.25) is 4.79 Å². The molecule has 1 atom stereocenters. The highest BCUT2D eigenvalue weighted by atomic mass is 16.5. The highest BCUT2D eigenvalue weighted by Crippen LogP contribution is 2.32. The summed E-state index contributed by atoms with van der Waals surface area (Å²) in [7, 11) is 0. The Morgan fingerprint density at radius 3 is 2.90 bits per heavy atom. The van der Waals surface area contributed by atoms with Gasteiger partial charge in [0.25, 0.3) is 5.56 Å². The molecule has 2 aromatic heterocycles. The zero-order valence-corrected chi connectivity index (χ0v) is 17.7. The van der Waals surface area contributed by atoms with Gasteiger partial charge in [0.2, 0.25) is 0 Å². The van der Waals surface area contributed by atoms with Gasteiger partial charge in [0.1, 0.15) is 0 Å². The predicted octanol–water partition coefficient (Wildman–Crippen LogP) is 4.06. The lowest BCUT2D eigenvalue weighted by atomic mass is 9.90. The molecule has 7 nitrogen and oxygen atoms in total. The van der Waals surface area contributed by atoms with E-state index in [-0.39, 0.29) is 11.5 Å². The Balaban J connectivity index is 1.58. The van der Waals surface area contributed by atoms with Gasteiger partial charge in [0.05, 0.1) is 18.3 Å². The van der Waals surface area contributed by atoms with Gasteiger partial charge in [-0.15, -0.1) is 0 Å². The standard InChI is InChI=1S/C24H26N4O3/c1-16(2)14-31-24(30)25-12-17-7-6-8-18(11-17)20-13-28(19-9-4-3-5-10-19)22-21(20)23(29)27-15-26-22/h3-10,13,15-17H,11-12,14H2,1-2H3,(H,25,30)(H,26,27,29). The maximum absolute atomic E-state index is 12.7. The molecule has 31 heavy (non-hydrogen) atoms. The lowest BCUT2D eigenvalue weighted by Gasteiger charge is -2.19. The second kappa shape index (κ2) is 9.04. The molecule has 4 rings (SSSR count). The summed E-state index contributed by atoms with van der Waals surface area (Å²) >= 11 is 0. The van der Waals surface area contributed by atoms with Gasteiger partial charge in [0.15, 0.2) is 5.65 Å². The fourth-order valence-corrected chi connectivity index (χ4v) is 3.69. The SMILES string of the molecule is CC(C)COC(=O)NCC1C=CC=C(c2cn(-c3ccccc3)c3nc[nH]c(=O)c23)C1. The first kappa shape index (κ1) is 20.7. The van der Waals surface area contributed by atoms with Crippen LogP contribution in [0.5, 0.6) is 0 Å². The largest absolute Gasteiger partial charge is 0.449 e. The van der Waals surface area contributed by atoms with Crippen molar-refractivity contribution in [3.63, 3.8) is 0 Å². The second-order valence-corrected chi connectivity index (χ2v) is 8.09. The lowest BCUT2D eigenvalue weighted by molar-refractivity contribution is 0.132. The van der Waals surface area contributed by atoms with Crippen LogP contribution in [0.25, 0.3) is 22.3 Å². The number of aromatic amines is 1. The molecule has 1 amide bonds. The molecule has 0 saturated carbocycles. The number of allylic oxidation sites excluding steroid dienone is 3. The van der Waals surface area contributed by atoms with Crippen molar-refractivity contribution in [1.82, 2.24) is 19.9 Å². The summed E-state index contributed by atoms with van der Waals surface area (Å²) in [6.07, 6.45) is 9.74. The Labute approximate surface area is 180 Å². The number of H-pyrrole nitrogens is 1. The van der Waals surface area contributed by atoms with E-state index >= 15 is 0 Å². The van der Waals surface area contributed by atoms with Crippen molar-refractivity contribution >= 4 is 22.7 Å². The zero-order chi connectivity index (χ0) is 21.8. The third-order valence-corrected chi connectivity index (χ3v) is 5.19. The van der Waals surface area contributed by atoms with E-state index in [2.05, 4.69) is 21.4 Å². The molecule has 0 spiro atoms. The first-order chi connectivity index (χ1) is 15.0. The van der Waals surface area contributed by atoms with Crippen molar-refractivity contribution in [1.29, 1.82) is 0 Å². The topological polar surface area (TPSA) is 89.0 Å². The Kier molecular flexibility index (Phi) is 6.02. The zero-order valence-electron chi connectivity index (χ0n) is 17.7. The normalized spacial score (nSPS) is 15.8. The molecule has 0 fully saturated rings. The van der Waals surface area contributed by atoms with Gasteiger partial charge < -0.3 is 19.6 Å². The van der Waals surface area contributed by atoms with Crippen LogP contribution in [-0.2, 0) is 4.74 Å². The molecular weight excluding hydrogens is 392 g/mol. The number of nitrogens with one attached hydrogen (secondary N) is 2. The van der Waals surface area contributed by atoms with Gasteiger partial charge in [-0.2, -0.15) is 0 Å². The molecule has 0 radical (unpaired) electrons. The van der Waals surface area contributed by atoms with Crippen molar-refractivity contribution in [2.75, 3.05) is 13.2 Å². The number of fused-ring (bicyclic) bond motifs is 1. The quantitative estimate of drug-likeness (QED) is 0.632. The van der Waals surface area contributed by atoms with E-state index in [0.717, 1.165) is 16.8 Å².